The molecular weight excluding hydrogens is 487 g/mol. The van der Waals surface area contributed by atoms with Crippen LogP contribution < -0.4 is 10.6 Å². The monoisotopic (exact) mass is 516 g/mol. The molecule has 0 aliphatic carbocycles. The SMILES string of the molecule is CC(CCS(C)(=O)=O)Nc1cc(-c2ccc3cc(C#N)cnn23)ncc1C(=O)NC[C@@H](F)C(C)(C)O. The van der Waals surface area contributed by atoms with E-state index in [9.17, 15) is 22.7 Å². The lowest BCUT2D eigenvalue weighted by Crippen LogP contribution is -2.42. The molecule has 1 amide bonds. The molecule has 0 fully saturated rings. The summed E-state index contributed by atoms with van der Waals surface area (Å²) in [5.41, 5.74) is 1.07. The van der Waals surface area contributed by atoms with Crippen molar-refractivity contribution in [3.63, 3.8) is 0 Å². The first kappa shape index (κ1) is 27.0. The minimum atomic E-state index is -3.18. The van der Waals surface area contributed by atoms with E-state index >= 15 is 0 Å². The summed E-state index contributed by atoms with van der Waals surface area (Å²) in [6.07, 6.45) is 2.55. The molecule has 36 heavy (non-hydrogen) atoms. The van der Waals surface area contributed by atoms with Crippen LogP contribution in [0.4, 0.5) is 10.1 Å². The predicted octanol–water partition coefficient (Wildman–Crippen LogP) is 2.34. The zero-order valence-corrected chi connectivity index (χ0v) is 21.3. The quantitative estimate of drug-likeness (QED) is 0.372. The molecule has 0 radical (unpaired) electrons. The van der Waals surface area contributed by atoms with Crippen LogP contribution in [-0.4, -0.2) is 70.4 Å². The average Bonchev–Trinajstić information content (AvgIpc) is 3.23. The number of carbonyl (C=O) groups excluding carboxylic acids is 1. The number of pyridine rings is 1. The molecule has 0 bridgehead atoms. The van der Waals surface area contributed by atoms with E-state index < -0.39 is 34.1 Å². The summed E-state index contributed by atoms with van der Waals surface area (Å²) < 4.78 is 39.0. The minimum Gasteiger partial charge on any atom is -0.387 e. The number of aliphatic hydroxyl groups is 1. The summed E-state index contributed by atoms with van der Waals surface area (Å²) in [6.45, 7) is 4.01. The van der Waals surface area contributed by atoms with Crippen molar-refractivity contribution >= 4 is 26.9 Å². The van der Waals surface area contributed by atoms with Gasteiger partial charge in [0.05, 0.1) is 57.8 Å². The van der Waals surface area contributed by atoms with Crippen LogP contribution in [-0.2, 0) is 9.84 Å². The van der Waals surface area contributed by atoms with Crippen molar-refractivity contribution in [1.29, 1.82) is 5.26 Å². The van der Waals surface area contributed by atoms with Gasteiger partial charge in [-0.25, -0.2) is 17.3 Å². The number of alkyl halides is 1. The lowest BCUT2D eigenvalue weighted by atomic mass is 10.0. The zero-order chi connectivity index (χ0) is 26.7. The standard InChI is InChI=1S/C24H29FN6O4S/c1-15(7-8-36(4,34)35)30-19-10-20(21-6-5-17-9-16(11-26)12-29-31(17)21)27-13-18(19)23(32)28-14-22(25)24(2,3)33/h5-6,9-10,12-13,15,22,33H,7-8,14H2,1-4H3,(H,27,30)(H,28,32)/t15?,22-/m1/s1. The highest BCUT2D eigenvalue weighted by Crippen LogP contribution is 2.26. The first-order chi connectivity index (χ1) is 16.8. The summed E-state index contributed by atoms with van der Waals surface area (Å²) in [5.74, 6) is -0.639. The van der Waals surface area contributed by atoms with Gasteiger partial charge < -0.3 is 15.7 Å². The third-order valence-corrected chi connectivity index (χ3v) is 6.55. The van der Waals surface area contributed by atoms with E-state index in [1.165, 1.54) is 26.2 Å². The summed E-state index contributed by atoms with van der Waals surface area (Å²) in [4.78, 5) is 17.3. The Hall–Kier alpha value is -3.56. The summed E-state index contributed by atoms with van der Waals surface area (Å²) in [6, 6.07) is 8.60. The van der Waals surface area contributed by atoms with E-state index in [4.69, 9.17) is 5.26 Å². The number of hydrogen-bond donors (Lipinski definition) is 3. The first-order valence-corrected chi connectivity index (χ1v) is 13.3. The molecule has 0 saturated heterocycles. The van der Waals surface area contributed by atoms with Gasteiger partial charge in [0, 0.05) is 18.5 Å². The van der Waals surface area contributed by atoms with E-state index in [1.54, 1.807) is 35.7 Å². The highest BCUT2D eigenvalue weighted by atomic mass is 32.2. The largest absolute Gasteiger partial charge is 0.387 e. The fourth-order valence-corrected chi connectivity index (χ4v) is 4.19. The van der Waals surface area contributed by atoms with Gasteiger partial charge in [-0.05, 0) is 51.5 Å². The van der Waals surface area contributed by atoms with Crippen molar-refractivity contribution in [1.82, 2.24) is 19.9 Å². The van der Waals surface area contributed by atoms with Crippen molar-refractivity contribution in [2.75, 3.05) is 23.9 Å². The molecule has 2 atom stereocenters. The van der Waals surface area contributed by atoms with Gasteiger partial charge >= 0.3 is 0 Å². The number of fused-ring (bicyclic) bond motifs is 1. The lowest BCUT2D eigenvalue weighted by molar-refractivity contribution is -0.00177. The maximum Gasteiger partial charge on any atom is 0.255 e. The number of sulfone groups is 1. The summed E-state index contributed by atoms with van der Waals surface area (Å²) >= 11 is 0. The topological polar surface area (TPSA) is 149 Å². The van der Waals surface area contributed by atoms with E-state index in [0.29, 0.717) is 34.6 Å². The second-order valence-corrected chi connectivity index (χ2v) is 11.6. The van der Waals surface area contributed by atoms with Crippen LogP contribution in [0.1, 0.15) is 43.1 Å². The Morgan fingerprint density at radius 2 is 2.03 bits per heavy atom. The van der Waals surface area contributed by atoms with Crippen LogP contribution in [0, 0.1) is 11.3 Å². The van der Waals surface area contributed by atoms with Crippen LogP contribution in [0.5, 0.6) is 0 Å². The molecular formula is C24H29FN6O4S. The van der Waals surface area contributed by atoms with Gasteiger partial charge in [0.2, 0.25) is 0 Å². The highest BCUT2D eigenvalue weighted by Gasteiger charge is 2.27. The predicted molar refractivity (Wildman–Crippen MR) is 134 cm³/mol. The molecule has 0 aliphatic rings. The van der Waals surface area contributed by atoms with Crippen molar-refractivity contribution in [2.45, 2.75) is 45.0 Å². The second kappa shape index (κ2) is 10.6. The maximum atomic E-state index is 14.2. The van der Waals surface area contributed by atoms with Crippen LogP contribution in [0.25, 0.3) is 16.9 Å². The third-order valence-electron chi connectivity index (χ3n) is 5.57. The number of hydrogen-bond acceptors (Lipinski definition) is 8. The van der Waals surface area contributed by atoms with E-state index in [1.807, 2.05) is 6.07 Å². The van der Waals surface area contributed by atoms with E-state index in [-0.39, 0.29) is 17.4 Å². The zero-order valence-electron chi connectivity index (χ0n) is 20.5. The first-order valence-electron chi connectivity index (χ1n) is 11.3. The molecule has 3 aromatic heterocycles. The summed E-state index contributed by atoms with van der Waals surface area (Å²) in [5, 5.41) is 28.8. The molecule has 0 spiro atoms. The molecule has 3 N–H and O–H groups in total. The maximum absolute atomic E-state index is 14.2. The van der Waals surface area contributed by atoms with Crippen LogP contribution in [0.3, 0.4) is 0 Å². The third kappa shape index (κ3) is 6.77. The molecule has 192 valence electrons. The van der Waals surface area contributed by atoms with Crippen LogP contribution in [0.15, 0.2) is 36.7 Å². The van der Waals surface area contributed by atoms with Crippen molar-refractivity contribution in [3.8, 4) is 17.5 Å². The number of halogens is 1. The van der Waals surface area contributed by atoms with Crippen molar-refractivity contribution < 1.29 is 22.7 Å². The molecule has 10 nitrogen and oxygen atoms in total. The number of rotatable bonds is 10. The second-order valence-electron chi connectivity index (χ2n) is 9.32. The number of nitrogens with zero attached hydrogens (tertiary/aromatic N) is 4. The Balaban J connectivity index is 1.95. The molecule has 0 aliphatic heterocycles. The van der Waals surface area contributed by atoms with Gasteiger partial charge in [0.25, 0.3) is 5.91 Å². The fraction of sp³-hybridized carbons (Fsp3) is 0.417. The van der Waals surface area contributed by atoms with Gasteiger partial charge in [0.1, 0.15) is 22.1 Å². The number of nitriles is 1. The number of nitrogens with one attached hydrogen (secondary N) is 2. The summed E-state index contributed by atoms with van der Waals surface area (Å²) in [7, 11) is -3.18. The fourth-order valence-electron chi connectivity index (χ4n) is 3.41. The Kier molecular flexibility index (Phi) is 7.96. The average molecular weight is 517 g/mol. The molecule has 3 aromatic rings. The minimum absolute atomic E-state index is 0.0375. The molecule has 1 unspecified atom stereocenters. The highest BCUT2D eigenvalue weighted by molar-refractivity contribution is 7.90. The van der Waals surface area contributed by atoms with Gasteiger partial charge in [-0.15, -0.1) is 0 Å². The number of amides is 1. The van der Waals surface area contributed by atoms with Crippen LogP contribution in [0.2, 0.25) is 0 Å². The van der Waals surface area contributed by atoms with Gasteiger partial charge in [0.15, 0.2) is 0 Å². The number of aromatic nitrogens is 3. The Morgan fingerprint density at radius 3 is 2.67 bits per heavy atom. The van der Waals surface area contributed by atoms with Gasteiger partial charge in [-0.2, -0.15) is 10.4 Å². The van der Waals surface area contributed by atoms with Crippen molar-refractivity contribution in [3.05, 3.63) is 47.8 Å². The van der Waals surface area contributed by atoms with Crippen LogP contribution >= 0.6 is 0 Å². The Bertz CT molecular complexity index is 1410. The molecule has 3 heterocycles. The number of carbonyl (C=O) groups is 1. The Morgan fingerprint density at radius 1 is 1.31 bits per heavy atom. The molecule has 0 aromatic carbocycles. The van der Waals surface area contributed by atoms with E-state index in [0.717, 1.165) is 6.26 Å². The van der Waals surface area contributed by atoms with Crippen molar-refractivity contribution in [2.24, 2.45) is 0 Å². The number of anilines is 1. The Labute approximate surface area is 209 Å². The molecule has 0 saturated carbocycles. The normalized spacial score (nSPS) is 13.7. The van der Waals surface area contributed by atoms with Gasteiger partial charge in [-0.1, -0.05) is 0 Å². The lowest BCUT2D eigenvalue weighted by Gasteiger charge is -2.23. The molecule has 3 rings (SSSR count). The molecule has 12 heteroatoms. The smallest absolute Gasteiger partial charge is 0.255 e. The van der Waals surface area contributed by atoms with Gasteiger partial charge in [-0.3, -0.25) is 9.78 Å². The van der Waals surface area contributed by atoms with E-state index in [2.05, 4.69) is 20.7 Å².